The van der Waals surface area contributed by atoms with Crippen LogP contribution in [-0.4, -0.2) is 18.4 Å². The Hall–Kier alpha value is -3.15. The van der Waals surface area contributed by atoms with E-state index in [2.05, 4.69) is 9.97 Å². The molecule has 0 aliphatic carbocycles. The van der Waals surface area contributed by atoms with Gasteiger partial charge in [0.15, 0.2) is 10.3 Å². The van der Waals surface area contributed by atoms with Crippen LogP contribution < -0.4 is 22.9 Å². The average molecular weight is 445 g/mol. The van der Waals surface area contributed by atoms with E-state index in [1.807, 2.05) is 0 Å². The molecule has 0 aliphatic rings. The fourth-order valence-corrected chi connectivity index (χ4v) is 6.36. The summed E-state index contributed by atoms with van der Waals surface area (Å²) in [7, 11) is -3.95. The van der Waals surface area contributed by atoms with Crippen LogP contribution in [-0.2, 0) is 9.84 Å². The maximum atomic E-state index is 13.7. The molecule has 0 radical (unpaired) electrons. The van der Waals surface area contributed by atoms with Crippen LogP contribution in [0.2, 0.25) is 0 Å². The Morgan fingerprint density at radius 2 is 1.03 bits per heavy atom. The SMILES string of the molecule is Nc1nc(N)c(-c2ccccc2S(=O)(=O)c2ccccc2-c2sc(N)nc2N)s1. The molecule has 8 nitrogen and oxygen atoms in total. The van der Waals surface area contributed by atoms with Crippen LogP contribution in [0.1, 0.15) is 0 Å². The predicted octanol–water partition coefficient (Wildman–Crippen LogP) is 3.10. The van der Waals surface area contributed by atoms with Crippen molar-refractivity contribution >= 4 is 54.4 Å². The highest BCUT2D eigenvalue weighted by atomic mass is 32.2. The zero-order valence-corrected chi connectivity index (χ0v) is 17.3. The summed E-state index contributed by atoms with van der Waals surface area (Å²) in [5.41, 5.74) is 24.3. The van der Waals surface area contributed by atoms with Gasteiger partial charge in [0.05, 0.1) is 19.5 Å². The van der Waals surface area contributed by atoms with Gasteiger partial charge < -0.3 is 22.9 Å². The predicted molar refractivity (Wildman–Crippen MR) is 118 cm³/mol. The van der Waals surface area contributed by atoms with Crippen molar-refractivity contribution in [2.75, 3.05) is 22.9 Å². The highest BCUT2D eigenvalue weighted by Gasteiger charge is 2.27. The Morgan fingerprint density at radius 1 is 0.655 bits per heavy atom. The number of nitrogens with two attached hydrogens (primary N) is 4. The zero-order valence-electron chi connectivity index (χ0n) is 14.9. The second-order valence-corrected chi connectivity index (χ2v) is 9.98. The van der Waals surface area contributed by atoms with E-state index in [0.29, 0.717) is 20.9 Å². The van der Waals surface area contributed by atoms with E-state index in [1.54, 1.807) is 36.4 Å². The van der Waals surface area contributed by atoms with Gasteiger partial charge in [-0.2, -0.15) is 0 Å². The van der Waals surface area contributed by atoms with Crippen LogP contribution in [0, 0.1) is 0 Å². The number of hydrogen-bond donors (Lipinski definition) is 4. The minimum Gasteiger partial charge on any atom is -0.382 e. The van der Waals surface area contributed by atoms with Crippen molar-refractivity contribution in [1.29, 1.82) is 0 Å². The van der Waals surface area contributed by atoms with Gasteiger partial charge in [-0.25, -0.2) is 18.4 Å². The molecular formula is C18H16N6O2S3. The highest BCUT2D eigenvalue weighted by Crippen LogP contribution is 2.42. The van der Waals surface area contributed by atoms with Gasteiger partial charge in [-0.05, 0) is 12.1 Å². The molecule has 148 valence electrons. The first-order valence-electron chi connectivity index (χ1n) is 8.26. The third-order valence-electron chi connectivity index (χ3n) is 4.18. The topological polar surface area (TPSA) is 164 Å². The van der Waals surface area contributed by atoms with Crippen LogP contribution in [0.5, 0.6) is 0 Å². The van der Waals surface area contributed by atoms with Gasteiger partial charge in [0.25, 0.3) is 0 Å². The fourth-order valence-electron chi connectivity index (χ4n) is 2.98. The van der Waals surface area contributed by atoms with Crippen molar-refractivity contribution in [1.82, 2.24) is 9.97 Å². The molecule has 0 amide bonds. The van der Waals surface area contributed by atoms with Gasteiger partial charge in [0.1, 0.15) is 11.6 Å². The first kappa shape index (κ1) is 19.2. The quantitative estimate of drug-likeness (QED) is 0.373. The lowest BCUT2D eigenvalue weighted by Crippen LogP contribution is -2.06. The number of nitrogen functional groups attached to an aromatic ring is 4. The summed E-state index contributed by atoms with van der Waals surface area (Å²) in [5, 5.41) is 0.524. The third-order valence-corrected chi connectivity index (χ3v) is 7.92. The van der Waals surface area contributed by atoms with Gasteiger partial charge in [-0.3, -0.25) is 0 Å². The Kier molecular flexibility index (Phi) is 4.65. The summed E-state index contributed by atoms with van der Waals surface area (Å²) in [6.07, 6.45) is 0. The van der Waals surface area contributed by atoms with E-state index in [1.165, 1.54) is 12.1 Å². The molecule has 29 heavy (non-hydrogen) atoms. The Labute approximate surface area is 174 Å². The smallest absolute Gasteiger partial charge is 0.207 e. The number of rotatable bonds is 4. The van der Waals surface area contributed by atoms with Gasteiger partial charge in [-0.15, -0.1) is 0 Å². The second kappa shape index (κ2) is 7.03. The summed E-state index contributed by atoms with van der Waals surface area (Å²) in [5.74, 6) is 0.366. The lowest BCUT2D eigenvalue weighted by molar-refractivity contribution is 0.596. The number of aromatic nitrogens is 2. The third kappa shape index (κ3) is 3.28. The molecule has 0 aliphatic heterocycles. The normalized spacial score (nSPS) is 11.6. The molecule has 0 bridgehead atoms. The Bertz CT molecular complexity index is 1230. The first-order valence-corrected chi connectivity index (χ1v) is 11.4. The molecule has 0 spiro atoms. The lowest BCUT2D eigenvalue weighted by Gasteiger charge is -2.13. The van der Waals surface area contributed by atoms with Gasteiger partial charge in [-0.1, -0.05) is 59.1 Å². The molecule has 11 heteroatoms. The molecule has 0 unspecified atom stereocenters. The van der Waals surface area contributed by atoms with Crippen molar-refractivity contribution < 1.29 is 8.42 Å². The van der Waals surface area contributed by atoms with Crippen molar-refractivity contribution in [3.63, 3.8) is 0 Å². The summed E-state index contributed by atoms with van der Waals surface area (Å²) >= 11 is 2.26. The molecule has 2 heterocycles. The molecule has 4 rings (SSSR count). The Balaban J connectivity index is 1.96. The number of benzene rings is 2. The summed E-state index contributed by atoms with van der Waals surface area (Å²) in [6.45, 7) is 0. The van der Waals surface area contributed by atoms with E-state index >= 15 is 0 Å². The number of anilines is 4. The molecule has 2 aromatic heterocycles. The van der Waals surface area contributed by atoms with Gasteiger partial charge in [0, 0.05) is 11.1 Å². The van der Waals surface area contributed by atoms with Crippen LogP contribution in [0.3, 0.4) is 0 Å². The number of hydrogen-bond acceptors (Lipinski definition) is 10. The zero-order chi connectivity index (χ0) is 20.8. The first-order chi connectivity index (χ1) is 13.8. The number of thiazole rings is 2. The van der Waals surface area contributed by atoms with Crippen molar-refractivity contribution in [3.8, 4) is 20.9 Å². The van der Waals surface area contributed by atoms with Gasteiger partial charge >= 0.3 is 0 Å². The van der Waals surface area contributed by atoms with E-state index in [4.69, 9.17) is 22.9 Å². The minimum absolute atomic E-state index is 0.0962. The highest BCUT2D eigenvalue weighted by molar-refractivity contribution is 7.91. The molecule has 0 saturated heterocycles. The van der Waals surface area contributed by atoms with Crippen LogP contribution in [0.15, 0.2) is 58.3 Å². The molecule has 2 aromatic carbocycles. The lowest BCUT2D eigenvalue weighted by atomic mass is 10.2. The maximum Gasteiger partial charge on any atom is 0.207 e. The van der Waals surface area contributed by atoms with E-state index < -0.39 is 9.84 Å². The van der Waals surface area contributed by atoms with E-state index in [9.17, 15) is 8.42 Å². The van der Waals surface area contributed by atoms with Crippen LogP contribution in [0.4, 0.5) is 21.9 Å². The molecular weight excluding hydrogens is 428 g/mol. The minimum atomic E-state index is -3.95. The molecule has 0 saturated carbocycles. The monoisotopic (exact) mass is 444 g/mol. The van der Waals surface area contributed by atoms with E-state index in [-0.39, 0.29) is 31.7 Å². The standard InChI is InChI=1S/C18H16N6O2S3/c19-15-13(27-17(21)23-15)9-5-1-3-7-11(9)29(25,26)12-8-4-2-6-10(12)14-16(20)24-18(22)28-14/h1-8H,19-20H2,(H2,21,23)(H2,22,24). The summed E-state index contributed by atoms with van der Waals surface area (Å²) < 4.78 is 27.4. The van der Waals surface area contributed by atoms with Crippen LogP contribution in [0.25, 0.3) is 20.9 Å². The molecule has 8 N–H and O–H groups in total. The largest absolute Gasteiger partial charge is 0.382 e. The number of nitrogens with zero attached hydrogens (tertiary/aromatic N) is 2. The van der Waals surface area contributed by atoms with Crippen molar-refractivity contribution in [2.24, 2.45) is 0 Å². The summed E-state index contributed by atoms with van der Waals surface area (Å²) in [6, 6.07) is 13.2. The Morgan fingerprint density at radius 3 is 1.38 bits per heavy atom. The molecule has 4 aromatic rings. The van der Waals surface area contributed by atoms with Crippen molar-refractivity contribution in [2.45, 2.75) is 9.79 Å². The van der Waals surface area contributed by atoms with Crippen LogP contribution >= 0.6 is 22.7 Å². The molecule has 0 atom stereocenters. The maximum absolute atomic E-state index is 13.7. The van der Waals surface area contributed by atoms with Gasteiger partial charge in [0.2, 0.25) is 9.84 Å². The number of sulfone groups is 1. The molecule has 0 fully saturated rings. The van der Waals surface area contributed by atoms with Crippen molar-refractivity contribution in [3.05, 3.63) is 48.5 Å². The summed E-state index contributed by atoms with van der Waals surface area (Å²) in [4.78, 5) is 9.20. The average Bonchev–Trinajstić information content (AvgIpc) is 3.21. The van der Waals surface area contributed by atoms with E-state index in [0.717, 1.165) is 22.7 Å². The fraction of sp³-hybridized carbons (Fsp3) is 0. The second-order valence-electron chi connectivity index (χ2n) is 6.03.